The Morgan fingerprint density at radius 2 is 2.00 bits per heavy atom. The fraction of sp³-hybridized carbons (Fsp3) is 0. The van der Waals surface area contributed by atoms with Crippen LogP contribution < -0.4 is 0 Å². The molecule has 0 N–H and O–H groups in total. The summed E-state index contributed by atoms with van der Waals surface area (Å²) in [6.07, 6.45) is 0. The topological polar surface area (TPSA) is 0 Å². The van der Waals surface area contributed by atoms with E-state index in [-0.39, 0.29) is 0 Å². The lowest BCUT2D eigenvalue weighted by molar-refractivity contribution is 0.708. The minimum absolute atomic E-state index is 0.391. The molecule has 0 saturated heterocycles. The molecule has 0 aliphatic heterocycles. The Bertz CT molecular complexity index is 45.6. The van der Waals surface area contributed by atoms with Gasteiger partial charge < -0.3 is 0 Å². The monoisotopic (exact) mass is 202 g/mol. The average molecular weight is 204 g/mol. The molecule has 3 heteroatoms. The highest BCUT2D eigenvalue weighted by Crippen LogP contribution is 2.06. The van der Waals surface area contributed by atoms with Crippen molar-refractivity contribution in [2.75, 3.05) is 0 Å². The summed E-state index contributed by atoms with van der Waals surface area (Å²) < 4.78 is 10.8. The lowest BCUT2D eigenvalue weighted by Gasteiger charge is -1.63. The molecule has 0 radical (unpaired) electrons. The van der Waals surface area contributed by atoms with Crippen LogP contribution in [0.25, 0.3) is 0 Å². The lowest BCUT2D eigenvalue weighted by atomic mass is 11.2. The minimum Gasteiger partial charge on any atom is -0.198 e. The molecule has 0 aromatic heterocycles. The zero-order valence-electron chi connectivity index (χ0n) is 2.21. The van der Waals surface area contributed by atoms with Crippen molar-refractivity contribution in [2.45, 2.75) is 0 Å². The first-order valence-corrected chi connectivity index (χ1v) is 2.59. The van der Waals surface area contributed by atoms with Crippen molar-refractivity contribution in [3.63, 3.8) is 0 Å². The van der Waals surface area contributed by atoms with E-state index in [1.54, 1.807) is 0 Å². The summed E-state index contributed by atoms with van der Waals surface area (Å²) in [6, 6.07) is 0. The molecule has 0 aromatic carbocycles. The van der Waals surface area contributed by atoms with E-state index < -0.39 is 4.74 Å². The molecule has 30 valence electrons. The van der Waals surface area contributed by atoms with E-state index in [1.165, 1.54) is 0 Å². The Balaban J connectivity index is 3.14. The molecule has 0 atom stereocenters. The molecule has 0 saturated carbocycles. The fourth-order valence-electron chi connectivity index (χ4n) is 0. The van der Waals surface area contributed by atoms with Crippen LogP contribution in [0, 0.1) is 0 Å². The summed E-state index contributed by atoms with van der Waals surface area (Å²) in [6.45, 7) is 0. The average Bonchev–Trinajstić information content (AvgIpc) is 1.38. The summed E-state index contributed by atoms with van der Waals surface area (Å²) in [4.78, 5) is 1.15. The van der Waals surface area contributed by atoms with Crippen LogP contribution >= 0.6 is 31.9 Å². The third kappa shape index (κ3) is 4.63. The predicted molar refractivity (Wildman–Crippen MR) is 27.0 cm³/mol. The summed E-state index contributed by atoms with van der Waals surface area (Å²) in [7, 11) is 0. The van der Waals surface area contributed by atoms with E-state index in [0.717, 1.165) is 4.99 Å². The zero-order valence-corrected chi connectivity index (χ0v) is 5.38. The first kappa shape index (κ1) is 5.63. The van der Waals surface area contributed by atoms with Gasteiger partial charge in [-0.05, 0) is 15.9 Å². The molecule has 0 aliphatic rings. The van der Waals surface area contributed by atoms with Gasteiger partial charge in [0.2, 0.25) is 0 Å². The van der Waals surface area contributed by atoms with Gasteiger partial charge in [-0.25, -0.2) is 0 Å². The van der Waals surface area contributed by atoms with E-state index in [0.29, 0.717) is 0 Å². The van der Waals surface area contributed by atoms with Crippen molar-refractivity contribution >= 4 is 31.9 Å². The number of rotatable bonds is 0. The second kappa shape index (κ2) is 2.85. The molecule has 0 aliphatic carbocycles. The van der Waals surface area contributed by atoms with Crippen molar-refractivity contribution < 1.29 is 4.39 Å². The van der Waals surface area contributed by atoms with Crippen molar-refractivity contribution in [2.24, 2.45) is 0 Å². The maximum atomic E-state index is 11.2. The minimum atomic E-state index is -0.391. The molecule has 0 nitrogen and oxygen atoms in total. The zero-order chi connectivity index (χ0) is 4.28. The molecular weight excluding hydrogens is 203 g/mol. The Morgan fingerprint density at radius 3 is 2.00 bits per heavy atom. The molecule has 0 rings (SSSR count). The largest absolute Gasteiger partial charge is 0.198 e. The van der Waals surface area contributed by atoms with E-state index in [4.69, 9.17) is 0 Å². The highest BCUT2D eigenvalue weighted by molar-refractivity contribution is 9.13. The quantitative estimate of drug-likeness (QED) is 0.568. The van der Waals surface area contributed by atoms with Gasteiger partial charge in [0.25, 0.3) is 0 Å². The van der Waals surface area contributed by atoms with Crippen LogP contribution in [0.5, 0.6) is 0 Å². The van der Waals surface area contributed by atoms with Gasteiger partial charge >= 0.3 is 0 Å². The van der Waals surface area contributed by atoms with Crippen LogP contribution in [0.2, 0.25) is 0 Å². The maximum Gasteiger partial charge on any atom is 0.172 e. The lowest BCUT2D eigenvalue weighted by Crippen LogP contribution is -1.35. The van der Waals surface area contributed by atoms with Gasteiger partial charge in [0, 0.05) is 4.99 Å². The molecule has 0 unspecified atom stereocenters. The summed E-state index contributed by atoms with van der Waals surface area (Å²) in [5, 5.41) is 0. The van der Waals surface area contributed by atoms with Gasteiger partial charge in [0.05, 0.1) is 0 Å². The van der Waals surface area contributed by atoms with Crippen LogP contribution in [-0.4, -0.2) is 0 Å². The summed E-state index contributed by atoms with van der Waals surface area (Å²) >= 11 is 5.25. The third-order valence-corrected chi connectivity index (χ3v) is 1.33. The van der Waals surface area contributed by atoms with Gasteiger partial charge in [0.1, 0.15) is 0 Å². The van der Waals surface area contributed by atoms with E-state index in [9.17, 15) is 4.39 Å². The number of halogens is 3. The van der Waals surface area contributed by atoms with Crippen molar-refractivity contribution in [1.29, 1.82) is 0 Å². The van der Waals surface area contributed by atoms with Gasteiger partial charge in [-0.15, -0.1) is 0 Å². The molecular formula is C2HBr2F. The Labute approximate surface area is 46.3 Å². The number of hydrogen-bond donors (Lipinski definition) is 0. The number of hydrogen-bond acceptors (Lipinski definition) is 0. The van der Waals surface area contributed by atoms with Crippen molar-refractivity contribution in [3.05, 3.63) is 9.72 Å². The summed E-state index contributed by atoms with van der Waals surface area (Å²) in [5.74, 6) is 0. The van der Waals surface area contributed by atoms with Crippen LogP contribution in [0.15, 0.2) is 9.72 Å². The van der Waals surface area contributed by atoms with E-state index >= 15 is 0 Å². The first-order valence-electron chi connectivity index (χ1n) is 0.885. The van der Waals surface area contributed by atoms with Crippen LogP contribution in [-0.2, 0) is 0 Å². The Kier molecular flexibility index (Phi) is 3.20. The second-order valence-electron chi connectivity index (χ2n) is 0.399. The molecule has 5 heavy (non-hydrogen) atoms. The third-order valence-electron chi connectivity index (χ3n) is 0.0825. The summed E-state index contributed by atoms with van der Waals surface area (Å²) in [5.41, 5.74) is 0. The van der Waals surface area contributed by atoms with Crippen LogP contribution in [0.3, 0.4) is 0 Å². The Morgan fingerprint density at radius 1 is 1.80 bits per heavy atom. The fourth-order valence-corrected chi connectivity index (χ4v) is 0. The molecule has 0 heterocycles. The SMILES string of the molecule is F/C(Br)=C\Br. The normalized spacial score (nSPS) is 12.2. The molecule has 0 amide bonds. The highest BCUT2D eigenvalue weighted by atomic mass is 79.9. The maximum absolute atomic E-state index is 11.2. The van der Waals surface area contributed by atoms with E-state index in [1.807, 2.05) is 0 Å². The standard InChI is InChI=1S/C2HBr2F/c3-1-2(4)5/h1H/b2-1-. The highest BCUT2D eigenvalue weighted by Gasteiger charge is 1.72. The smallest absolute Gasteiger partial charge is 0.172 e. The van der Waals surface area contributed by atoms with Crippen molar-refractivity contribution in [1.82, 2.24) is 0 Å². The van der Waals surface area contributed by atoms with Crippen LogP contribution in [0.1, 0.15) is 0 Å². The van der Waals surface area contributed by atoms with Gasteiger partial charge in [-0.1, -0.05) is 15.9 Å². The predicted octanol–water partition coefficient (Wildman–Crippen LogP) is 2.54. The van der Waals surface area contributed by atoms with Gasteiger partial charge in [-0.3, -0.25) is 0 Å². The van der Waals surface area contributed by atoms with E-state index in [2.05, 4.69) is 31.9 Å². The van der Waals surface area contributed by atoms with Crippen molar-refractivity contribution in [3.8, 4) is 0 Å². The molecule has 0 bridgehead atoms. The molecule has 0 aromatic rings. The molecule has 0 fully saturated rings. The Hall–Kier alpha value is 0.630. The van der Waals surface area contributed by atoms with Crippen LogP contribution in [0.4, 0.5) is 4.39 Å². The molecule has 0 spiro atoms. The first-order chi connectivity index (χ1) is 2.27. The van der Waals surface area contributed by atoms with Gasteiger partial charge in [-0.2, -0.15) is 4.39 Å². The second-order valence-corrected chi connectivity index (χ2v) is 1.61. The van der Waals surface area contributed by atoms with Gasteiger partial charge in [0.15, 0.2) is 4.74 Å².